The molecule has 0 aliphatic carbocycles. The van der Waals surface area contributed by atoms with Crippen LogP contribution in [-0.2, 0) is 12.8 Å². The van der Waals surface area contributed by atoms with E-state index in [1.807, 2.05) is 37.3 Å². The minimum absolute atomic E-state index is 0.155. The Bertz CT molecular complexity index is 1640. The maximum Gasteiger partial charge on any atom is 0.335 e. The fourth-order valence-electron chi connectivity index (χ4n) is 3.83. The second kappa shape index (κ2) is 10.4. The van der Waals surface area contributed by atoms with Crippen molar-refractivity contribution in [2.24, 2.45) is 10.2 Å². The number of thiazole rings is 2. The first-order valence-electron chi connectivity index (χ1n) is 11.6. The van der Waals surface area contributed by atoms with E-state index in [0.29, 0.717) is 27.2 Å². The second-order valence-corrected chi connectivity index (χ2v) is 9.92. The van der Waals surface area contributed by atoms with E-state index in [4.69, 9.17) is 0 Å². The van der Waals surface area contributed by atoms with Crippen LogP contribution in [-0.4, -0.2) is 30.8 Å². The van der Waals surface area contributed by atoms with Crippen molar-refractivity contribution in [1.82, 2.24) is 19.7 Å². The molecule has 0 atom stereocenters. The third-order valence-corrected chi connectivity index (χ3v) is 7.63. The molecule has 0 bridgehead atoms. The summed E-state index contributed by atoms with van der Waals surface area (Å²) in [5.74, 6) is -1.02. The molecule has 0 unspecified atom stereocenters. The van der Waals surface area contributed by atoms with Crippen LogP contribution in [0.15, 0.2) is 75.0 Å². The predicted molar refractivity (Wildman–Crippen MR) is 145 cm³/mol. The standard InChI is InChI=1S/C26H22N6O3S2/c1-3-18-20(4-2)37-25(27-18)30-29-22-21(15-9-6-5-7-10-15)31-32(23(22)33)26-28-19(14-36-26)16-11-8-12-17(13-16)24(34)35/h5-14,31H,3-4H2,1-2H3,(H,34,35). The van der Waals surface area contributed by atoms with Gasteiger partial charge in [-0.2, -0.15) is 4.68 Å². The van der Waals surface area contributed by atoms with Gasteiger partial charge in [-0.3, -0.25) is 9.89 Å². The predicted octanol–water partition coefficient (Wildman–Crippen LogP) is 6.65. The van der Waals surface area contributed by atoms with E-state index in [0.717, 1.165) is 29.0 Å². The number of rotatable bonds is 8. The number of aromatic amines is 1. The molecule has 5 aromatic rings. The smallest absolute Gasteiger partial charge is 0.335 e. The Hall–Kier alpha value is -4.22. The molecule has 3 aromatic heterocycles. The van der Waals surface area contributed by atoms with Gasteiger partial charge < -0.3 is 5.11 Å². The van der Waals surface area contributed by atoms with Gasteiger partial charge in [-0.1, -0.05) is 67.6 Å². The summed E-state index contributed by atoms with van der Waals surface area (Å²) in [7, 11) is 0. The molecule has 11 heteroatoms. The summed E-state index contributed by atoms with van der Waals surface area (Å²) in [6.07, 6.45) is 1.67. The number of azo groups is 1. The normalized spacial score (nSPS) is 11.4. The number of carbonyl (C=O) groups is 1. The van der Waals surface area contributed by atoms with Gasteiger partial charge in [-0.05, 0) is 25.0 Å². The summed E-state index contributed by atoms with van der Waals surface area (Å²) in [6.45, 7) is 4.12. The molecule has 3 heterocycles. The van der Waals surface area contributed by atoms with Crippen molar-refractivity contribution < 1.29 is 9.90 Å². The van der Waals surface area contributed by atoms with E-state index in [1.54, 1.807) is 23.6 Å². The summed E-state index contributed by atoms with van der Waals surface area (Å²) in [5.41, 5.74) is 3.43. The number of hydrogen-bond acceptors (Lipinski definition) is 8. The zero-order valence-corrected chi connectivity index (χ0v) is 21.6. The van der Waals surface area contributed by atoms with Crippen LogP contribution in [0.25, 0.3) is 27.6 Å². The highest BCUT2D eigenvalue weighted by Gasteiger charge is 2.20. The Morgan fingerprint density at radius 2 is 1.81 bits per heavy atom. The first-order valence-corrected chi connectivity index (χ1v) is 13.3. The monoisotopic (exact) mass is 530 g/mol. The minimum Gasteiger partial charge on any atom is -0.478 e. The van der Waals surface area contributed by atoms with Crippen LogP contribution in [0.1, 0.15) is 34.8 Å². The second-order valence-electron chi connectivity index (χ2n) is 8.02. The molecule has 0 amide bonds. The Morgan fingerprint density at radius 3 is 2.51 bits per heavy atom. The lowest BCUT2D eigenvalue weighted by Gasteiger charge is -2.00. The molecular weight excluding hydrogens is 508 g/mol. The van der Waals surface area contributed by atoms with E-state index in [2.05, 4.69) is 32.2 Å². The molecule has 0 saturated heterocycles. The van der Waals surface area contributed by atoms with Crippen LogP contribution in [0, 0.1) is 0 Å². The third kappa shape index (κ3) is 4.91. The number of nitrogens with one attached hydrogen (secondary N) is 1. The van der Waals surface area contributed by atoms with Crippen molar-refractivity contribution in [1.29, 1.82) is 0 Å². The first-order chi connectivity index (χ1) is 18.0. The van der Waals surface area contributed by atoms with E-state index in [1.165, 1.54) is 33.4 Å². The van der Waals surface area contributed by atoms with Crippen molar-refractivity contribution in [3.8, 4) is 27.6 Å². The quantitative estimate of drug-likeness (QED) is 0.217. The molecule has 2 aromatic carbocycles. The fourth-order valence-corrected chi connectivity index (χ4v) is 5.53. The van der Waals surface area contributed by atoms with Gasteiger partial charge in [0.1, 0.15) is 0 Å². The number of carboxylic acids is 1. The highest BCUT2D eigenvalue weighted by Crippen LogP contribution is 2.32. The Morgan fingerprint density at radius 1 is 1.03 bits per heavy atom. The minimum atomic E-state index is -1.02. The van der Waals surface area contributed by atoms with Gasteiger partial charge in [-0.25, -0.2) is 14.8 Å². The van der Waals surface area contributed by atoms with Crippen molar-refractivity contribution in [2.45, 2.75) is 26.7 Å². The number of nitrogens with zero attached hydrogens (tertiary/aromatic N) is 5. The first kappa shape index (κ1) is 24.5. The SMILES string of the molecule is CCc1nc(N=Nc2c(-c3ccccc3)[nH]n(-c3nc(-c4cccc(C(=O)O)c4)cs3)c2=O)sc1CC. The van der Waals surface area contributed by atoms with E-state index >= 15 is 0 Å². The molecule has 0 aliphatic rings. The molecule has 9 nitrogen and oxygen atoms in total. The zero-order chi connectivity index (χ0) is 25.9. The fraction of sp³-hybridized carbons (Fsp3) is 0.154. The lowest BCUT2D eigenvalue weighted by atomic mass is 10.1. The third-order valence-electron chi connectivity index (χ3n) is 5.68. The summed E-state index contributed by atoms with van der Waals surface area (Å²) >= 11 is 2.73. The zero-order valence-electron chi connectivity index (χ0n) is 20.0. The Balaban J connectivity index is 1.57. The van der Waals surface area contributed by atoms with Crippen molar-refractivity contribution in [2.75, 3.05) is 0 Å². The van der Waals surface area contributed by atoms with Crippen molar-refractivity contribution >= 4 is 39.5 Å². The molecule has 0 saturated carbocycles. The number of aryl methyl sites for hydroxylation is 2. The van der Waals surface area contributed by atoms with Crippen LogP contribution in [0.3, 0.4) is 0 Å². The summed E-state index contributed by atoms with van der Waals surface area (Å²) in [6, 6.07) is 15.9. The van der Waals surface area contributed by atoms with Crippen molar-refractivity contribution in [3.63, 3.8) is 0 Å². The van der Waals surface area contributed by atoms with E-state index in [9.17, 15) is 14.7 Å². The van der Waals surface area contributed by atoms with Gasteiger partial charge in [0.05, 0.1) is 22.6 Å². The number of aromatic nitrogens is 4. The number of H-pyrrole nitrogens is 1. The highest BCUT2D eigenvalue weighted by atomic mass is 32.1. The lowest BCUT2D eigenvalue weighted by molar-refractivity contribution is 0.0697. The van der Waals surface area contributed by atoms with Gasteiger partial charge >= 0.3 is 11.5 Å². The number of benzene rings is 2. The van der Waals surface area contributed by atoms with Crippen molar-refractivity contribution in [3.05, 3.63) is 86.5 Å². The molecule has 186 valence electrons. The lowest BCUT2D eigenvalue weighted by Crippen LogP contribution is -2.13. The summed E-state index contributed by atoms with van der Waals surface area (Å²) < 4.78 is 1.34. The number of carboxylic acid groups (broad SMARTS) is 1. The number of hydrogen-bond donors (Lipinski definition) is 2. The van der Waals surface area contributed by atoms with Gasteiger partial charge in [0, 0.05) is 21.4 Å². The van der Waals surface area contributed by atoms with Gasteiger partial charge in [-0.15, -0.1) is 21.6 Å². The van der Waals surface area contributed by atoms with Crippen LogP contribution >= 0.6 is 22.7 Å². The Kier molecular flexibility index (Phi) is 6.89. The largest absolute Gasteiger partial charge is 0.478 e. The average Bonchev–Trinajstić information content (AvgIpc) is 3.65. The highest BCUT2D eigenvalue weighted by molar-refractivity contribution is 7.15. The van der Waals surface area contributed by atoms with E-state index < -0.39 is 11.5 Å². The Labute approximate surface area is 219 Å². The van der Waals surface area contributed by atoms with Crippen LogP contribution in [0.5, 0.6) is 0 Å². The molecule has 0 aliphatic heterocycles. The molecular formula is C26H22N6O3S2. The molecule has 2 N–H and O–H groups in total. The van der Waals surface area contributed by atoms with Gasteiger partial charge in [0.2, 0.25) is 10.3 Å². The van der Waals surface area contributed by atoms with Crippen LogP contribution in [0.2, 0.25) is 0 Å². The maximum absolute atomic E-state index is 13.5. The molecule has 0 spiro atoms. The van der Waals surface area contributed by atoms with Crippen LogP contribution in [0.4, 0.5) is 10.8 Å². The summed E-state index contributed by atoms with van der Waals surface area (Å²) in [5, 5.41) is 23.8. The topological polar surface area (TPSA) is 126 Å². The maximum atomic E-state index is 13.5. The molecule has 37 heavy (non-hydrogen) atoms. The molecule has 5 rings (SSSR count). The van der Waals surface area contributed by atoms with Gasteiger partial charge in [0.15, 0.2) is 5.69 Å². The molecule has 0 radical (unpaired) electrons. The van der Waals surface area contributed by atoms with Gasteiger partial charge in [0.25, 0.3) is 0 Å². The van der Waals surface area contributed by atoms with E-state index in [-0.39, 0.29) is 11.3 Å². The number of aromatic carboxylic acids is 1. The average molecular weight is 531 g/mol. The summed E-state index contributed by atoms with van der Waals surface area (Å²) in [4.78, 5) is 35.2. The molecule has 0 fully saturated rings. The van der Waals surface area contributed by atoms with Crippen LogP contribution < -0.4 is 5.56 Å².